The minimum Gasteiger partial charge on any atom is -0.501 e. The molecule has 3 atom stereocenters. The lowest BCUT2D eigenvalue weighted by Crippen LogP contribution is -2.48. The highest BCUT2D eigenvalue weighted by molar-refractivity contribution is 6.30. The number of aliphatic hydroxyl groups excluding tert-OH is 1. The Morgan fingerprint density at radius 1 is 1.30 bits per heavy atom. The van der Waals surface area contributed by atoms with E-state index in [1.165, 1.54) is 23.3 Å². The van der Waals surface area contributed by atoms with Crippen molar-refractivity contribution < 1.29 is 23.8 Å². The lowest BCUT2D eigenvalue weighted by atomic mass is 9.86. The Kier molecular flexibility index (Phi) is 7.52. The molecule has 1 saturated heterocycles. The lowest BCUT2D eigenvalue weighted by molar-refractivity contribution is -0.240. The molecule has 1 heterocycles. The lowest BCUT2D eigenvalue weighted by Gasteiger charge is -2.34. The van der Waals surface area contributed by atoms with Gasteiger partial charge in [-0.15, -0.1) is 0 Å². The normalized spacial score (nSPS) is 21.8. The molecule has 5 nitrogen and oxygen atoms in total. The molecule has 1 aliphatic heterocycles. The van der Waals surface area contributed by atoms with Crippen LogP contribution in [0.2, 0.25) is 5.02 Å². The van der Waals surface area contributed by atoms with Gasteiger partial charge in [-0.1, -0.05) is 42.4 Å². The van der Waals surface area contributed by atoms with Crippen molar-refractivity contribution in [3.8, 4) is 11.1 Å². The van der Waals surface area contributed by atoms with Crippen molar-refractivity contribution in [2.24, 2.45) is 5.41 Å². The Balaban J connectivity index is 1.84. The van der Waals surface area contributed by atoms with E-state index in [4.69, 9.17) is 21.1 Å². The van der Waals surface area contributed by atoms with Gasteiger partial charge in [-0.3, -0.25) is 9.69 Å². The number of carbonyl (C=O) groups excluding carboxylic acids is 1. The third kappa shape index (κ3) is 5.94. The summed E-state index contributed by atoms with van der Waals surface area (Å²) >= 11 is 6.02. The summed E-state index contributed by atoms with van der Waals surface area (Å²) in [7, 11) is 0. The molecule has 1 unspecified atom stereocenters. The minimum atomic E-state index is -1.38. The molecule has 1 amide bonds. The quantitative estimate of drug-likeness (QED) is 0.402. The molecule has 2 aromatic carbocycles. The predicted molar refractivity (Wildman–Crippen MR) is 127 cm³/mol. The van der Waals surface area contributed by atoms with Gasteiger partial charge >= 0.3 is 0 Å². The predicted octanol–water partition coefficient (Wildman–Crippen LogP) is 5.55. The van der Waals surface area contributed by atoms with E-state index in [0.29, 0.717) is 29.0 Å². The van der Waals surface area contributed by atoms with Gasteiger partial charge in [0.2, 0.25) is 12.3 Å². The molecule has 0 radical (unpaired) electrons. The number of nitrogens with zero attached hydrogens (tertiary/aromatic N) is 1. The summed E-state index contributed by atoms with van der Waals surface area (Å²) in [5.74, 6) is -0.580. The van der Waals surface area contributed by atoms with Gasteiger partial charge in [0, 0.05) is 16.6 Å². The molecule has 7 heteroatoms. The molecule has 0 spiro atoms. The second-order valence-corrected chi connectivity index (χ2v) is 10.1. The van der Waals surface area contributed by atoms with E-state index in [2.05, 4.69) is 6.58 Å². The Labute approximate surface area is 199 Å². The summed E-state index contributed by atoms with van der Waals surface area (Å²) in [5.41, 5.74) is 0.628. The standard InChI is InChI=1S/C26H31ClFNO4/c1-6-32-16-26(5)15-20(29(23(26)30)24(31)33-25(2,3)4)13-17-7-9-18(10-8-17)21-14-19(27)11-12-22(21)28/h6-12,14,20,24,31H,1,13,15-16H2,2-5H3/t20-,24?,26+/m1/s1. The van der Waals surface area contributed by atoms with Crippen LogP contribution in [0.4, 0.5) is 4.39 Å². The molecule has 0 saturated carbocycles. The van der Waals surface area contributed by atoms with Crippen LogP contribution in [-0.4, -0.2) is 40.6 Å². The number of rotatable bonds is 8. The Bertz CT molecular complexity index is 1000. The maximum Gasteiger partial charge on any atom is 0.240 e. The van der Waals surface area contributed by atoms with Crippen LogP contribution in [0, 0.1) is 11.2 Å². The number of amides is 1. The van der Waals surface area contributed by atoms with Crippen LogP contribution in [0.25, 0.3) is 11.1 Å². The largest absolute Gasteiger partial charge is 0.501 e. The Hall–Kier alpha value is -2.41. The summed E-state index contributed by atoms with van der Waals surface area (Å²) < 4.78 is 25.3. The van der Waals surface area contributed by atoms with Gasteiger partial charge in [0.1, 0.15) is 12.4 Å². The Morgan fingerprint density at radius 2 is 1.97 bits per heavy atom. The number of halogens is 2. The van der Waals surface area contributed by atoms with Gasteiger partial charge in [0.25, 0.3) is 0 Å². The van der Waals surface area contributed by atoms with Crippen LogP contribution < -0.4 is 0 Å². The molecule has 1 fully saturated rings. The summed E-state index contributed by atoms with van der Waals surface area (Å²) in [6, 6.07) is 11.6. The van der Waals surface area contributed by atoms with Crippen molar-refractivity contribution in [1.82, 2.24) is 4.90 Å². The topological polar surface area (TPSA) is 59.0 Å². The number of hydrogen-bond acceptors (Lipinski definition) is 4. The summed E-state index contributed by atoms with van der Waals surface area (Å²) in [5, 5.41) is 11.2. The molecule has 33 heavy (non-hydrogen) atoms. The first-order chi connectivity index (χ1) is 15.4. The highest BCUT2D eigenvalue weighted by Gasteiger charge is 2.51. The van der Waals surface area contributed by atoms with Gasteiger partial charge in [0.15, 0.2) is 0 Å². The highest BCUT2D eigenvalue weighted by atomic mass is 35.5. The number of aliphatic hydroxyl groups is 1. The number of ether oxygens (including phenoxy) is 2. The van der Waals surface area contributed by atoms with E-state index in [1.807, 2.05) is 52.0 Å². The first-order valence-electron chi connectivity index (χ1n) is 10.9. The van der Waals surface area contributed by atoms with Crippen LogP contribution in [0.15, 0.2) is 55.3 Å². The summed E-state index contributed by atoms with van der Waals surface area (Å²) in [6.45, 7) is 11.0. The fourth-order valence-electron chi connectivity index (χ4n) is 4.18. The molecular formula is C26H31ClFNO4. The average Bonchev–Trinajstić information content (AvgIpc) is 2.98. The summed E-state index contributed by atoms with van der Waals surface area (Å²) in [6.07, 6.45) is 0.909. The van der Waals surface area contributed by atoms with E-state index >= 15 is 0 Å². The van der Waals surface area contributed by atoms with Gasteiger partial charge in [-0.05, 0) is 69.9 Å². The van der Waals surface area contributed by atoms with Crippen LogP contribution in [0.5, 0.6) is 0 Å². The maximum absolute atomic E-state index is 14.2. The van der Waals surface area contributed by atoms with E-state index in [9.17, 15) is 14.3 Å². The first-order valence-corrected chi connectivity index (χ1v) is 11.3. The SMILES string of the molecule is C=COC[C@]1(C)C[C@@H](Cc2ccc(-c3cc(Cl)ccc3F)cc2)N(C(O)OC(C)(C)C)C1=O. The number of hydrogen-bond donors (Lipinski definition) is 1. The van der Waals surface area contributed by atoms with Crippen LogP contribution in [0.1, 0.15) is 39.7 Å². The van der Waals surface area contributed by atoms with Gasteiger partial charge in [-0.2, -0.15) is 0 Å². The van der Waals surface area contributed by atoms with Crippen LogP contribution in [0.3, 0.4) is 0 Å². The van der Waals surface area contributed by atoms with Crippen LogP contribution in [-0.2, 0) is 20.7 Å². The van der Waals surface area contributed by atoms with Crippen LogP contribution >= 0.6 is 11.6 Å². The zero-order valence-electron chi connectivity index (χ0n) is 19.5. The van der Waals surface area contributed by atoms with E-state index in [-0.39, 0.29) is 24.4 Å². The van der Waals surface area contributed by atoms with Crippen molar-refractivity contribution in [3.63, 3.8) is 0 Å². The van der Waals surface area contributed by atoms with Crippen molar-refractivity contribution >= 4 is 17.5 Å². The smallest absolute Gasteiger partial charge is 0.240 e. The van der Waals surface area contributed by atoms with Gasteiger partial charge in [0.05, 0.1) is 17.3 Å². The number of benzene rings is 2. The minimum absolute atomic E-state index is 0.164. The second kappa shape index (κ2) is 9.84. The summed E-state index contributed by atoms with van der Waals surface area (Å²) in [4.78, 5) is 14.7. The zero-order chi connectivity index (χ0) is 24.4. The monoisotopic (exact) mass is 475 g/mol. The first kappa shape index (κ1) is 25.2. The molecule has 2 aromatic rings. The molecule has 0 bridgehead atoms. The highest BCUT2D eigenvalue weighted by Crippen LogP contribution is 2.39. The van der Waals surface area contributed by atoms with Crippen molar-refractivity contribution in [2.45, 2.75) is 58.6 Å². The van der Waals surface area contributed by atoms with E-state index in [0.717, 1.165) is 5.56 Å². The van der Waals surface area contributed by atoms with Crippen molar-refractivity contribution in [1.29, 1.82) is 0 Å². The van der Waals surface area contributed by atoms with Gasteiger partial charge < -0.3 is 14.6 Å². The van der Waals surface area contributed by atoms with E-state index in [1.54, 1.807) is 6.07 Å². The Morgan fingerprint density at radius 3 is 2.58 bits per heavy atom. The van der Waals surface area contributed by atoms with Gasteiger partial charge in [-0.25, -0.2) is 4.39 Å². The maximum atomic E-state index is 14.2. The molecule has 178 valence electrons. The molecule has 0 aliphatic carbocycles. The molecule has 1 N–H and O–H groups in total. The van der Waals surface area contributed by atoms with Crippen molar-refractivity contribution in [3.05, 3.63) is 71.7 Å². The molecule has 3 rings (SSSR count). The number of likely N-dealkylation sites (tertiary alicyclic amines) is 1. The molecular weight excluding hydrogens is 445 g/mol. The van der Waals surface area contributed by atoms with Crippen molar-refractivity contribution in [2.75, 3.05) is 6.61 Å². The van der Waals surface area contributed by atoms with E-state index < -0.39 is 17.4 Å². The third-order valence-electron chi connectivity index (χ3n) is 5.71. The third-order valence-corrected chi connectivity index (χ3v) is 5.95. The average molecular weight is 476 g/mol. The fraction of sp³-hybridized carbons (Fsp3) is 0.423. The molecule has 0 aromatic heterocycles. The number of carbonyl (C=O) groups is 1. The molecule has 1 aliphatic rings. The second-order valence-electron chi connectivity index (χ2n) is 9.69. The zero-order valence-corrected chi connectivity index (χ0v) is 20.2. The fourth-order valence-corrected chi connectivity index (χ4v) is 4.35.